The van der Waals surface area contributed by atoms with E-state index in [0.717, 1.165) is 11.1 Å². The van der Waals surface area contributed by atoms with E-state index in [-0.39, 0.29) is 5.56 Å². The number of aromatic carboxylic acids is 1. The van der Waals surface area contributed by atoms with Gasteiger partial charge in [-0.3, -0.25) is 0 Å². The van der Waals surface area contributed by atoms with Crippen molar-refractivity contribution in [2.45, 2.75) is 0 Å². The van der Waals surface area contributed by atoms with Crippen LogP contribution < -0.4 is 5.32 Å². The standard InChI is InChI=1S/C19H12Cl3NO2/c20-11-5-7-13(16(21)9-11)14-8-6-12(10-17(14)22)23-18-4-2-1-3-15(18)19(24)25/h1-10,23H,(H,24,25). The first-order chi connectivity index (χ1) is 12.0. The van der Waals surface area contributed by atoms with Crippen LogP contribution in [0.15, 0.2) is 60.7 Å². The van der Waals surface area contributed by atoms with Crippen molar-refractivity contribution < 1.29 is 9.90 Å². The Morgan fingerprint density at radius 2 is 1.48 bits per heavy atom. The molecule has 0 fully saturated rings. The summed E-state index contributed by atoms with van der Waals surface area (Å²) in [7, 11) is 0. The van der Waals surface area contributed by atoms with Gasteiger partial charge in [0.05, 0.1) is 16.3 Å². The number of nitrogens with one attached hydrogen (secondary N) is 1. The topological polar surface area (TPSA) is 49.3 Å². The molecule has 0 saturated carbocycles. The molecule has 0 amide bonds. The summed E-state index contributed by atoms with van der Waals surface area (Å²) >= 11 is 18.6. The first-order valence-electron chi connectivity index (χ1n) is 7.30. The van der Waals surface area contributed by atoms with Gasteiger partial charge in [0, 0.05) is 26.9 Å². The van der Waals surface area contributed by atoms with Gasteiger partial charge in [0.25, 0.3) is 0 Å². The summed E-state index contributed by atoms with van der Waals surface area (Å²) in [5.41, 5.74) is 2.88. The van der Waals surface area contributed by atoms with Gasteiger partial charge in [-0.15, -0.1) is 0 Å². The molecule has 0 heterocycles. The van der Waals surface area contributed by atoms with Crippen LogP contribution in [-0.4, -0.2) is 11.1 Å². The maximum atomic E-state index is 11.3. The highest BCUT2D eigenvalue weighted by Crippen LogP contribution is 2.36. The highest BCUT2D eigenvalue weighted by molar-refractivity contribution is 6.38. The molecule has 3 rings (SSSR count). The highest BCUT2D eigenvalue weighted by Gasteiger charge is 2.12. The molecular weight excluding hydrogens is 381 g/mol. The largest absolute Gasteiger partial charge is 0.478 e. The lowest BCUT2D eigenvalue weighted by Gasteiger charge is -2.12. The molecule has 0 aromatic heterocycles. The second-order valence-corrected chi connectivity index (χ2v) is 6.55. The Morgan fingerprint density at radius 3 is 2.12 bits per heavy atom. The zero-order valence-corrected chi connectivity index (χ0v) is 15.0. The lowest BCUT2D eigenvalue weighted by molar-refractivity contribution is 0.0698. The lowest BCUT2D eigenvalue weighted by atomic mass is 10.0. The number of anilines is 2. The van der Waals surface area contributed by atoms with Crippen LogP contribution in [0, 0.1) is 0 Å². The Hall–Kier alpha value is -2.20. The smallest absolute Gasteiger partial charge is 0.337 e. The Kier molecular flexibility index (Phi) is 5.19. The van der Waals surface area contributed by atoms with E-state index in [1.807, 2.05) is 12.1 Å². The third-order valence-corrected chi connectivity index (χ3v) is 4.49. The molecule has 0 bridgehead atoms. The monoisotopic (exact) mass is 391 g/mol. The molecule has 0 unspecified atom stereocenters. The molecule has 0 radical (unpaired) electrons. The fourth-order valence-corrected chi connectivity index (χ4v) is 3.25. The van der Waals surface area contributed by atoms with E-state index in [2.05, 4.69) is 5.32 Å². The second kappa shape index (κ2) is 7.36. The molecule has 0 aliphatic carbocycles. The van der Waals surface area contributed by atoms with Gasteiger partial charge < -0.3 is 10.4 Å². The van der Waals surface area contributed by atoms with Gasteiger partial charge >= 0.3 is 5.97 Å². The Labute approximate surface area is 159 Å². The van der Waals surface area contributed by atoms with Crippen molar-refractivity contribution in [2.24, 2.45) is 0 Å². The van der Waals surface area contributed by atoms with Crippen molar-refractivity contribution in [2.75, 3.05) is 5.32 Å². The van der Waals surface area contributed by atoms with Crippen LogP contribution in [0.1, 0.15) is 10.4 Å². The maximum absolute atomic E-state index is 11.3. The summed E-state index contributed by atoms with van der Waals surface area (Å²) in [6.45, 7) is 0. The van der Waals surface area contributed by atoms with Crippen LogP contribution >= 0.6 is 34.8 Å². The van der Waals surface area contributed by atoms with Gasteiger partial charge in [-0.1, -0.05) is 59.1 Å². The van der Waals surface area contributed by atoms with E-state index in [1.54, 1.807) is 42.5 Å². The van der Waals surface area contributed by atoms with Crippen LogP contribution in [0.2, 0.25) is 15.1 Å². The molecule has 0 atom stereocenters. The van der Waals surface area contributed by atoms with E-state index in [9.17, 15) is 9.90 Å². The summed E-state index contributed by atoms with van der Waals surface area (Å²) in [5.74, 6) is -1.00. The van der Waals surface area contributed by atoms with Crippen LogP contribution in [0.5, 0.6) is 0 Å². The molecule has 126 valence electrons. The second-order valence-electron chi connectivity index (χ2n) is 5.29. The van der Waals surface area contributed by atoms with Crippen molar-refractivity contribution in [3.05, 3.63) is 81.3 Å². The van der Waals surface area contributed by atoms with Crippen molar-refractivity contribution in [1.29, 1.82) is 0 Å². The van der Waals surface area contributed by atoms with Gasteiger partial charge in [0.1, 0.15) is 0 Å². The zero-order valence-electron chi connectivity index (χ0n) is 12.8. The minimum Gasteiger partial charge on any atom is -0.478 e. The molecule has 0 saturated heterocycles. The number of halogens is 3. The summed E-state index contributed by atoms with van der Waals surface area (Å²) in [6, 6.07) is 17.2. The van der Waals surface area contributed by atoms with E-state index in [1.165, 1.54) is 6.07 Å². The van der Waals surface area contributed by atoms with Crippen molar-refractivity contribution >= 4 is 52.1 Å². The van der Waals surface area contributed by atoms with Gasteiger partial charge in [0.2, 0.25) is 0 Å². The van der Waals surface area contributed by atoms with Crippen LogP contribution in [-0.2, 0) is 0 Å². The van der Waals surface area contributed by atoms with E-state index >= 15 is 0 Å². The van der Waals surface area contributed by atoms with E-state index in [0.29, 0.717) is 26.4 Å². The third kappa shape index (κ3) is 3.90. The van der Waals surface area contributed by atoms with Crippen molar-refractivity contribution in [1.82, 2.24) is 0 Å². The maximum Gasteiger partial charge on any atom is 0.337 e. The Morgan fingerprint density at radius 1 is 0.840 bits per heavy atom. The van der Waals surface area contributed by atoms with Crippen molar-refractivity contribution in [3.8, 4) is 11.1 Å². The van der Waals surface area contributed by atoms with Gasteiger partial charge in [0.15, 0.2) is 0 Å². The quantitative estimate of drug-likeness (QED) is 0.516. The van der Waals surface area contributed by atoms with E-state index < -0.39 is 5.97 Å². The SMILES string of the molecule is O=C(O)c1ccccc1Nc1ccc(-c2ccc(Cl)cc2Cl)c(Cl)c1. The number of benzene rings is 3. The minimum absolute atomic E-state index is 0.184. The Balaban J connectivity index is 1.94. The normalized spacial score (nSPS) is 10.5. The molecule has 3 aromatic carbocycles. The number of hydrogen-bond acceptors (Lipinski definition) is 2. The summed E-state index contributed by atoms with van der Waals surface area (Å²) in [4.78, 5) is 11.3. The lowest BCUT2D eigenvalue weighted by Crippen LogP contribution is -2.02. The number of para-hydroxylation sites is 1. The molecule has 25 heavy (non-hydrogen) atoms. The summed E-state index contributed by atoms with van der Waals surface area (Å²) in [6.07, 6.45) is 0. The predicted octanol–water partition coefficient (Wildman–Crippen LogP) is 6.76. The molecule has 6 heteroatoms. The first kappa shape index (κ1) is 17.6. The number of rotatable bonds is 4. The van der Waals surface area contributed by atoms with Gasteiger partial charge in [-0.25, -0.2) is 4.79 Å². The first-order valence-corrected chi connectivity index (χ1v) is 8.43. The van der Waals surface area contributed by atoms with Gasteiger partial charge in [-0.2, -0.15) is 0 Å². The molecule has 2 N–H and O–H groups in total. The zero-order chi connectivity index (χ0) is 18.0. The van der Waals surface area contributed by atoms with Crippen LogP contribution in [0.4, 0.5) is 11.4 Å². The molecule has 0 aliphatic heterocycles. The van der Waals surface area contributed by atoms with E-state index in [4.69, 9.17) is 34.8 Å². The van der Waals surface area contributed by atoms with Crippen molar-refractivity contribution in [3.63, 3.8) is 0 Å². The third-order valence-electron chi connectivity index (χ3n) is 3.63. The Bertz CT molecular complexity index is 957. The predicted molar refractivity (Wildman–Crippen MR) is 104 cm³/mol. The van der Waals surface area contributed by atoms with Crippen LogP contribution in [0.25, 0.3) is 11.1 Å². The fourth-order valence-electron chi connectivity index (χ4n) is 2.45. The van der Waals surface area contributed by atoms with Crippen LogP contribution in [0.3, 0.4) is 0 Å². The number of carbonyl (C=O) groups is 1. The molecule has 0 spiro atoms. The molecule has 3 aromatic rings. The van der Waals surface area contributed by atoms with Gasteiger partial charge in [-0.05, 0) is 36.4 Å². The fraction of sp³-hybridized carbons (Fsp3) is 0. The average molecular weight is 393 g/mol. The molecular formula is C19H12Cl3NO2. The molecule has 0 aliphatic rings. The highest BCUT2D eigenvalue weighted by atomic mass is 35.5. The number of carboxylic acid groups (broad SMARTS) is 1. The number of carboxylic acids is 1. The minimum atomic E-state index is -1.00. The average Bonchev–Trinajstić information content (AvgIpc) is 2.56. The molecule has 3 nitrogen and oxygen atoms in total. The number of hydrogen-bond donors (Lipinski definition) is 2. The summed E-state index contributed by atoms with van der Waals surface area (Å²) in [5, 5.41) is 13.9. The summed E-state index contributed by atoms with van der Waals surface area (Å²) < 4.78 is 0.